The third-order valence-corrected chi connectivity index (χ3v) is 7.23. The second kappa shape index (κ2) is 10.2. The van der Waals surface area contributed by atoms with Crippen LogP contribution in [-0.2, 0) is 17.8 Å². The lowest BCUT2D eigenvalue weighted by molar-refractivity contribution is 0.00877. The smallest absolute Gasteiger partial charge is 0.254 e. The van der Waals surface area contributed by atoms with E-state index in [0.29, 0.717) is 35.5 Å². The average Bonchev–Trinajstić information content (AvgIpc) is 3.30. The number of rotatable bonds is 7. The highest BCUT2D eigenvalue weighted by molar-refractivity contribution is 6.30. The predicted molar refractivity (Wildman–Crippen MR) is 145 cm³/mol. The van der Waals surface area contributed by atoms with Gasteiger partial charge in [0.05, 0.1) is 61.3 Å². The summed E-state index contributed by atoms with van der Waals surface area (Å²) in [6.45, 7) is 6.29. The van der Waals surface area contributed by atoms with Gasteiger partial charge in [-0.05, 0) is 42.5 Å². The van der Waals surface area contributed by atoms with Crippen LogP contribution in [0.3, 0.4) is 0 Å². The van der Waals surface area contributed by atoms with Crippen molar-refractivity contribution in [3.63, 3.8) is 0 Å². The molecule has 0 unspecified atom stereocenters. The number of pyridine rings is 2. The molecule has 0 bridgehead atoms. The summed E-state index contributed by atoms with van der Waals surface area (Å²) < 4.78 is 11.2. The fraction of sp³-hybridized carbons (Fsp3) is 0.357. The summed E-state index contributed by atoms with van der Waals surface area (Å²) in [5.74, 6) is 0.870. The molecule has 10 heteroatoms. The van der Waals surface area contributed by atoms with E-state index in [2.05, 4.69) is 38.3 Å². The van der Waals surface area contributed by atoms with E-state index in [1.54, 1.807) is 29.5 Å². The Labute approximate surface area is 225 Å². The van der Waals surface area contributed by atoms with E-state index in [1.165, 1.54) is 24.0 Å². The molecule has 196 valence electrons. The molecule has 1 saturated carbocycles. The van der Waals surface area contributed by atoms with Gasteiger partial charge in [0.1, 0.15) is 5.65 Å². The Morgan fingerprint density at radius 1 is 1.13 bits per heavy atom. The molecule has 0 spiro atoms. The van der Waals surface area contributed by atoms with Crippen molar-refractivity contribution in [1.82, 2.24) is 33.9 Å². The lowest BCUT2D eigenvalue weighted by Gasteiger charge is -2.27. The van der Waals surface area contributed by atoms with E-state index in [0.717, 1.165) is 35.8 Å². The first-order valence-corrected chi connectivity index (χ1v) is 13.5. The summed E-state index contributed by atoms with van der Waals surface area (Å²) in [5.41, 5.74) is 6.65. The summed E-state index contributed by atoms with van der Waals surface area (Å²) in [6, 6.07) is 5.95. The number of nitrogens with zero attached hydrogens (tertiary/aromatic N) is 6. The Bertz CT molecular complexity index is 1610. The fourth-order valence-corrected chi connectivity index (χ4v) is 4.94. The minimum absolute atomic E-state index is 0.208. The van der Waals surface area contributed by atoms with Crippen LogP contribution in [0.25, 0.3) is 11.2 Å². The first-order valence-electron chi connectivity index (χ1n) is 13.1. The van der Waals surface area contributed by atoms with Crippen molar-refractivity contribution in [2.75, 3.05) is 13.2 Å². The molecule has 2 fully saturated rings. The number of hydrogen-bond acceptors (Lipinski definition) is 5. The molecule has 1 saturated heterocycles. The highest BCUT2D eigenvalue weighted by atomic mass is 35.5. The lowest BCUT2D eigenvalue weighted by Crippen LogP contribution is -2.25. The van der Waals surface area contributed by atoms with Crippen LogP contribution >= 0.6 is 11.6 Å². The van der Waals surface area contributed by atoms with Gasteiger partial charge < -0.3 is 18.9 Å². The van der Waals surface area contributed by atoms with Crippen LogP contribution in [0.1, 0.15) is 71.4 Å². The Hall–Kier alpha value is -3.69. The number of amides is 1. The van der Waals surface area contributed by atoms with Crippen molar-refractivity contribution in [3.05, 3.63) is 88.6 Å². The SMILES string of the molecule is CC.O=C(NCc1ncn2ccc(Cl)cc12)c1cnn(Cc2cn3cc(C4CC4)cc(C4COC4)c3n2)c1. The molecule has 1 N–H and O–H groups in total. The Morgan fingerprint density at radius 3 is 2.74 bits per heavy atom. The van der Waals surface area contributed by atoms with Gasteiger partial charge >= 0.3 is 0 Å². The molecule has 7 rings (SSSR count). The number of aromatic nitrogens is 6. The quantitative estimate of drug-likeness (QED) is 0.325. The summed E-state index contributed by atoms with van der Waals surface area (Å²) in [4.78, 5) is 22.1. The summed E-state index contributed by atoms with van der Waals surface area (Å²) in [5, 5.41) is 7.95. The zero-order chi connectivity index (χ0) is 26.2. The third kappa shape index (κ3) is 4.79. The van der Waals surface area contributed by atoms with Crippen molar-refractivity contribution in [3.8, 4) is 0 Å². The minimum atomic E-state index is -0.208. The number of hydrogen-bond donors (Lipinski definition) is 1. The van der Waals surface area contributed by atoms with Gasteiger partial charge in [-0.15, -0.1) is 0 Å². The Kier molecular flexibility index (Phi) is 6.63. The molecular weight excluding hydrogens is 502 g/mol. The maximum atomic E-state index is 12.8. The molecule has 6 heterocycles. The van der Waals surface area contributed by atoms with Gasteiger partial charge in [-0.2, -0.15) is 5.10 Å². The topological polar surface area (TPSA) is 90.8 Å². The Balaban J connectivity index is 0.00000129. The second-order valence-corrected chi connectivity index (χ2v) is 10.1. The number of imidazole rings is 2. The largest absolute Gasteiger partial charge is 0.380 e. The Morgan fingerprint density at radius 2 is 1.97 bits per heavy atom. The van der Waals surface area contributed by atoms with Crippen molar-refractivity contribution >= 4 is 28.7 Å². The molecule has 0 atom stereocenters. The first kappa shape index (κ1) is 24.6. The summed E-state index contributed by atoms with van der Waals surface area (Å²) in [7, 11) is 0. The molecule has 38 heavy (non-hydrogen) atoms. The number of carbonyl (C=O) groups is 1. The third-order valence-electron chi connectivity index (χ3n) is 6.99. The van der Waals surface area contributed by atoms with E-state index in [9.17, 15) is 4.79 Å². The highest BCUT2D eigenvalue weighted by Crippen LogP contribution is 2.42. The van der Waals surface area contributed by atoms with Crippen LogP contribution in [0, 0.1) is 0 Å². The zero-order valence-electron chi connectivity index (χ0n) is 21.5. The average molecular weight is 532 g/mol. The van der Waals surface area contributed by atoms with Crippen molar-refractivity contribution < 1.29 is 9.53 Å². The molecule has 2 aliphatic rings. The van der Waals surface area contributed by atoms with Crippen molar-refractivity contribution in [2.45, 2.75) is 51.6 Å². The van der Waals surface area contributed by atoms with Gasteiger partial charge in [-0.1, -0.05) is 25.4 Å². The number of carbonyl (C=O) groups excluding carboxylic acids is 1. The van der Waals surface area contributed by atoms with Gasteiger partial charge in [0.15, 0.2) is 0 Å². The van der Waals surface area contributed by atoms with Crippen LogP contribution in [0.2, 0.25) is 5.02 Å². The molecule has 1 amide bonds. The normalized spacial score (nSPS) is 15.3. The molecule has 1 aliphatic carbocycles. The summed E-state index contributed by atoms with van der Waals surface area (Å²) >= 11 is 6.11. The second-order valence-electron chi connectivity index (χ2n) is 9.64. The van der Waals surface area contributed by atoms with Gasteiger partial charge in [0, 0.05) is 41.3 Å². The molecule has 9 nitrogen and oxygen atoms in total. The zero-order valence-corrected chi connectivity index (χ0v) is 22.2. The molecule has 1 aliphatic heterocycles. The van der Waals surface area contributed by atoms with E-state index < -0.39 is 0 Å². The number of nitrogens with one attached hydrogen (secondary N) is 1. The van der Waals surface area contributed by atoms with E-state index in [4.69, 9.17) is 21.3 Å². The number of ether oxygens (including phenoxy) is 1. The fourth-order valence-electron chi connectivity index (χ4n) is 4.78. The highest BCUT2D eigenvalue weighted by Gasteiger charge is 2.29. The van der Waals surface area contributed by atoms with E-state index in [1.807, 2.05) is 30.5 Å². The standard InChI is InChI=1S/C26H24ClN7O2.C2H6/c27-20-3-4-32-15-29-23(24(32)6-20)8-28-26(35)18-7-30-34(10-18)12-21-11-33-9-17(16-1-2-16)5-22(25(33)31-21)19-13-36-14-19;1-2/h3-7,9-11,15-16,19H,1-2,8,12-14H2,(H,28,35);1-2H3. The minimum Gasteiger partial charge on any atom is -0.380 e. The monoisotopic (exact) mass is 531 g/mol. The van der Waals surface area contributed by atoms with Gasteiger partial charge in [0.2, 0.25) is 0 Å². The van der Waals surface area contributed by atoms with Gasteiger partial charge in [-0.3, -0.25) is 9.48 Å². The molecule has 5 aromatic heterocycles. The van der Waals surface area contributed by atoms with Crippen LogP contribution in [0.15, 0.2) is 55.5 Å². The molecular formula is C28H30ClN7O2. The van der Waals surface area contributed by atoms with Crippen molar-refractivity contribution in [2.24, 2.45) is 0 Å². The molecule has 5 aromatic rings. The first-order chi connectivity index (χ1) is 18.6. The van der Waals surface area contributed by atoms with Crippen LogP contribution in [0.5, 0.6) is 0 Å². The number of fused-ring (bicyclic) bond motifs is 2. The maximum absolute atomic E-state index is 12.8. The van der Waals surface area contributed by atoms with E-state index >= 15 is 0 Å². The maximum Gasteiger partial charge on any atom is 0.254 e. The van der Waals surface area contributed by atoms with Crippen LogP contribution < -0.4 is 5.32 Å². The van der Waals surface area contributed by atoms with Crippen molar-refractivity contribution in [1.29, 1.82) is 0 Å². The molecule has 0 radical (unpaired) electrons. The number of halogens is 1. The van der Waals surface area contributed by atoms with Gasteiger partial charge in [-0.25, -0.2) is 9.97 Å². The van der Waals surface area contributed by atoms with Crippen LogP contribution in [0.4, 0.5) is 0 Å². The van der Waals surface area contributed by atoms with Gasteiger partial charge in [0.25, 0.3) is 5.91 Å². The predicted octanol–water partition coefficient (Wildman–Crippen LogP) is 4.83. The molecule has 0 aromatic carbocycles. The summed E-state index contributed by atoms with van der Waals surface area (Å²) in [6.07, 6.45) is 13.7. The van der Waals surface area contributed by atoms with E-state index in [-0.39, 0.29) is 5.91 Å². The van der Waals surface area contributed by atoms with Crippen LogP contribution in [-0.4, -0.2) is 47.7 Å². The lowest BCUT2D eigenvalue weighted by atomic mass is 9.96.